The number of rotatable bonds is 4. The van der Waals surface area contributed by atoms with E-state index < -0.39 is 0 Å². The summed E-state index contributed by atoms with van der Waals surface area (Å²) in [7, 11) is 0. The lowest BCUT2D eigenvalue weighted by Gasteiger charge is -2.21. The number of ether oxygens (including phenoxy) is 1. The Hall–Kier alpha value is -1.20. The molecule has 1 atom stereocenters. The van der Waals surface area contributed by atoms with Gasteiger partial charge in [-0.05, 0) is 43.8 Å². The van der Waals surface area contributed by atoms with Crippen LogP contribution in [0.25, 0.3) is 0 Å². The fraction of sp³-hybridized carbons (Fsp3) is 0.417. The summed E-state index contributed by atoms with van der Waals surface area (Å²) < 4.78 is 5.69. The highest BCUT2D eigenvalue weighted by Crippen LogP contribution is 2.26. The summed E-state index contributed by atoms with van der Waals surface area (Å²) in [4.78, 5) is 1.92. The molecule has 2 rings (SSSR count). The van der Waals surface area contributed by atoms with Crippen LogP contribution >= 0.6 is 23.8 Å². The van der Waals surface area contributed by atoms with Crippen LogP contribution in [-0.4, -0.2) is 29.3 Å². The fourth-order valence-corrected chi connectivity index (χ4v) is 2.19. The van der Waals surface area contributed by atoms with E-state index in [1.165, 1.54) is 0 Å². The molecule has 0 saturated carbocycles. The molecule has 1 aliphatic rings. The molecular formula is C12H14ClN3OS. The Bertz CT molecular complexity index is 492. The molecule has 0 aromatic heterocycles. The summed E-state index contributed by atoms with van der Waals surface area (Å²) in [5, 5.41) is 9.08. The molecule has 96 valence electrons. The van der Waals surface area contributed by atoms with Crippen LogP contribution in [0.5, 0.6) is 5.75 Å². The summed E-state index contributed by atoms with van der Waals surface area (Å²) >= 11 is 11.1. The van der Waals surface area contributed by atoms with E-state index in [4.69, 9.17) is 28.6 Å². The van der Waals surface area contributed by atoms with Crippen LogP contribution < -0.4 is 4.74 Å². The Morgan fingerprint density at radius 1 is 1.50 bits per heavy atom. The van der Waals surface area contributed by atoms with Gasteiger partial charge in [-0.3, -0.25) is 0 Å². The minimum atomic E-state index is -0.154. The second-order valence-corrected chi connectivity index (χ2v) is 4.78. The van der Waals surface area contributed by atoms with Crippen molar-refractivity contribution in [3.8, 4) is 5.75 Å². The smallest absolute Gasteiger partial charge is 0.217 e. The topological polar surface area (TPSA) is 37.2 Å². The maximum Gasteiger partial charge on any atom is 0.217 e. The quantitative estimate of drug-likeness (QED) is 0.795. The van der Waals surface area contributed by atoms with E-state index >= 15 is 0 Å². The van der Waals surface area contributed by atoms with Gasteiger partial charge in [0.2, 0.25) is 5.11 Å². The normalized spacial score (nSPS) is 18.5. The van der Waals surface area contributed by atoms with Crippen molar-refractivity contribution in [3.05, 3.63) is 28.8 Å². The largest absolute Gasteiger partial charge is 0.488 e. The molecule has 1 unspecified atom stereocenters. The van der Waals surface area contributed by atoms with E-state index in [-0.39, 0.29) is 6.17 Å². The van der Waals surface area contributed by atoms with Crippen molar-refractivity contribution in [1.82, 2.24) is 4.90 Å². The lowest BCUT2D eigenvalue weighted by Crippen LogP contribution is -2.36. The highest BCUT2D eigenvalue weighted by atomic mass is 35.5. The monoisotopic (exact) mass is 283 g/mol. The van der Waals surface area contributed by atoms with Gasteiger partial charge in [-0.2, -0.15) is 5.11 Å². The third-order valence-electron chi connectivity index (χ3n) is 2.70. The molecule has 0 aliphatic carbocycles. The minimum absolute atomic E-state index is 0.154. The zero-order valence-corrected chi connectivity index (χ0v) is 11.8. The van der Waals surface area contributed by atoms with E-state index in [2.05, 4.69) is 10.2 Å². The van der Waals surface area contributed by atoms with Crippen molar-refractivity contribution in [1.29, 1.82) is 0 Å². The van der Waals surface area contributed by atoms with Gasteiger partial charge in [0.15, 0.2) is 6.17 Å². The third-order valence-corrected chi connectivity index (χ3v) is 3.33. The average Bonchev–Trinajstić information content (AvgIpc) is 2.71. The molecule has 0 amide bonds. The van der Waals surface area contributed by atoms with Crippen LogP contribution in [0.15, 0.2) is 28.4 Å². The van der Waals surface area contributed by atoms with Crippen LogP contribution in [-0.2, 0) is 0 Å². The predicted molar refractivity (Wildman–Crippen MR) is 75.3 cm³/mol. The number of thiocarbonyl (C=S) groups is 1. The first-order valence-electron chi connectivity index (χ1n) is 5.72. The molecule has 1 heterocycles. The van der Waals surface area contributed by atoms with E-state index in [1.54, 1.807) is 0 Å². The standard InChI is InChI=1S/C12H14ClN3OS/c1-3-16-11(14-15-12(16)18)7-17-10-6-8(2)4-5-9(10)13/h4-6,11H,3,7H2,1-2H3. The molecule has 18 heavy (non-hydrogen) atoms. The Labute approximate surface area is 117 Å². The van der Waals surface area contributed by atoms with Crippen molar-refractivity contribution in [3.63, 3.8) is 0 Å². The number of hydrogen-bond acceptors (Lipinski definition) is 3. The summed E-state index contributed by atoms with van der Waals surface area (Å²) in [6.07, 6.45) is -0.154. The first-order chi connectivity index (χ1) is 8.61. The van der Waals surface area contributed by atoms with Crippen LogP contribution in [0.1, 0.15) is 12.5 Å². The summed E-state index contributed by atoms with van der Waals surface area (Å²) in [5.41, 5.74) is 1.10. The molecule has 1 aliphatic heterocycles. The van der Waals surface area contributed by atoms with Gasteiger partial charge in [0, 0.05) is 6.54 Å². The second kappa shape index (κ2) is 5.63. The van der Waals surface area contributed by atoms with E-state index in [0.717, 1.165) is 12.1 Å². The van der Waals surface area contributed by atoms with Crippen LogP contribution in [0, 0.1) is 6.92 Å². The molecular weight excluding hydrogens is 270 g/mol. The summed E-state index contributed by atoms with van der Waals surface area (Å²) in [6.45, 7) is 5.16. The Balaban J connectivity index is 2.01. The van der Waals surface area contributed by atoms with Gasteiger partial charge in [0.1, 0.15) is 12.4 Å². The van der Waals surface area contributed by atoms with Gasteiger partial charge in [-0.15, -0.1) is 5.11 Å². The molecule has 0 saturated heterocycles. The summed E-state index contributed by atoms with van der Waals surface area (Å²) in [6, 6.07) is 5.67. The Kier molecular flexibility index (Phi) is 4.14. The van der Waals surface area contributed by atoms with Crippen molar-refractivity contribution >= 4 is 28.9 Å². The molecule has 0 N–H and O–H groups in total. The second-order valence-electron chi connectivity index (χ2n) is 4.01. The molecule has 4 nitrogen and oxygen atoms in total. The Morgan fingerprint density at radius 2 is 2.28 bits per heavy atom. The van der Waals surface area contributed by atoms with Crippen molar-refractivity contribution in [2.24, 2.45) is 10.2 Å². The van der Waals surface area contributed by atoms with Gasteiger partial charge in [0.25, 0.3) is 0 Å². The molecule has 0 fully saturated rings. The summed E-state index contributed by atoms with van der Waals surface area (Å²) in [5.74, 6) is 0.667. The van der Waals surface area contributed by atoms with Crippen molar-refractivity contribution in [2.45, 2.75) is 20.0 Å². The molecule has 0 radical (unpaired) electrons. The molecule has 6 heteroatoms. The molecule has 1 aromatic rings. The van der Waals surface area contributed by atoms with Crippen LogP contribution in [0.3, 0.4) is 0 Å². The third kappa shape index (κ3) is 2.79. The number of likely N-dealkylation sites (N-methyl/N-ethyl adjacent to an activating group) is 1. The first kappa shape index (κ1) is 13.2. The van der Waals surface area contributed by atoms with E-state index in [9.17, 15) is 0 Å². The van der Waals surface area contributed by atoms with Crippen molar-refractivity contribution < 1.29 is 4.74 Å². The first-order valence-corrected chi connectivity index (χ1v) is 6.51. The number of nitrogens with zero attached hydrogens (tertiary/aromatic N) is 3. The fourth-order valence-electron chi connectivity index (χ4n) is 1.72. The van der Waals surface area contributed by atoms with Gasteiger partial charge in [-0.1, -0.05) is 17.7 Å². The zero-order valence-electron chi connectivity index (χ0n) is 10.3. The van der Waals surface area contributed by atoms with E-state index in [1.807, 2.05) is 36.9 Å². The van der Waals surface area contributed by atoms with Crippen molar-refractivity contribution in [2.75, 3.05) is 13.2 Å². The lowest BCUT2D eigenvalue weighted by molar-refractivity contribution is 0.215. The molecule has 1 aromatic carbocycles. The molecule has 0 bridgehead atoms. The van der Waals surface area contributed by atoms with Crippen LogP contribution in [0.4, 0.5) is 0 Å². The van der Waals surface area contributed by atoms with Gasteiger partial charge in [-0.25, -0.2) is 0 Å². The highest BCUT2D eigenvalue weighted by molar-refractivity contribution is 7.80. The predicted octanol–water partition coefficient (Wildman–Crippen LogP) is 3.43. The zero-order chi connectivity index (χ0) is 13.1. The highest BCUT2D eigenvalue weighted by Gasteiger charge is 2.25. The number of aryl methyl sites for hydroxylation is 1. The van der Waals surface area contributed by atoms with Crippen LogP contribution in [0.2, 0.25) is 5.02 Å². The van der Waals surface area contributed by atoms with Gasteiger partial charge in [0.05, 0.1) is 5.02 Å². The average molecular weight is 284 g/mol. The number of benzene rings is 1. The number of azo groups is 1. The number of hydrogen-bond donors (Lipinski definition) is 0. The van der Waals surface area contributed by atoms with E-state index in [0.29, 0.717) is 22.5 Å². The van der Waals surface area contributed by atoms with Gasteiger partial charge >= 0.3 is 0 Å². The molecule has 0 spiro atoms. The Morgan fingerprint density at radius 3 is 3.00 bits per heavy atom. The minimum Gasteiger partial charge on any atom is -0.488 e. The number of halogens is 1. The SMILES string of the molecule is CCN1C(=S)N=NC1COc1cc(C)ccc1Cl. The lowest BCUT2D eigenvalue weighted by atomic mass is 10.2. The maximum absolute atomic E-state index is 6.06. The maximum atomic E-state index is 6.06. The van der Waals surface area contributed by atoms with Gasteiger partial charge < -0.3 is 9.64 Å².